The Morgan fingerprint density at radius 1 is 1.16 bits per heavy atom. The molecule has 0 aromatic heterocycles. The number of anilines is 1. The zero-order chi connectivity index (χ0) is 17.8. The molecule has 1 heterocycles. The number of carbonyl (C=O) groups is 1. The van der Waals surface area contributed by atoms with E-state index in [-0.39, 0.29) is 11.9 Å². The van der Waals surface area contributed by atoms with Crippen LogP contribution in [-0.4, -0.2) is 17.3 Å². The third kappa shape index (κ3) is 4.06. The molecule has 0 radical (unpaired) electrons. The standard InChI is InChI=1S/C19H18ClN3OS/c1-12-16(18(24)22-15-6-4-3-5-7-15)17(23-19(21-12)25-2)13-8-10-14(20)11-9-13/h3-11,17H,1-2H3,(H,21,23)(H,22,24)/t17-/m0/s1. The minimum atomic E-state index is -0.371. The Bertz CT molecular complexity index is 832. The summed E-state index contributed by atoms with van der Waals surface area (Å²) in [7, 11) is 0. The molecule has 3 rings (SSSR count). The largest absolute Gasteiger partial charge is 0.338 e. The minimum absolute atomic E-state index is 0.167. The maximum absolute atomic E-state index is 12.9. The van der Waals surface area contributed by atoms with Crippen LogP contribution in [0.15, 0.2) is 70.9 Å². The molecule has 0 aliphatic carbocycles. The number of amides is 1. The summed E-state index contributed by atoms with van der Waals surface area (Å²) >= 11 is 7.51. The van der Waals surface area contributed by atoms with E-state index in [1.165, 1.54) is 11.8 Å². The van der Waals surface area contributed by atoms with E-state index >= 15 is 0 Å². The van der Waals surface area contributed by atoms with Crippen LogP contribution < -0.4 is 10.6 Å². The lowest BCUT2D eigenvalue weighted by molar-refractivity contribution is -0.113. The number of nitrogens with one attached hydrogen (secondary N) is 2. The van der Waals surface area contributed by atoms with Crippen LogP contribution in [0.4, 0.5) is 5.69 Å². The fourth-order valence-electron chi connectivity index (χ4n) is 2.65. The van der Waals surface area contributed by atoms with Gasteiger partial charge >= 0.3 is 0 Å². The van der Waals surface area contributed by atoms with Gasteiger partial charge in [-0.2, -0.15) is 0 Å². The molecule has 0 spiro atoms. The molecule has 0 bridgehead atoms. The second kappa shape index (κ2) is 7.76. The van der Waals surface area contributed by atoms with Crippen molar-refractivity contribution < 1.29 is 4.79 Å². The number of aliphatic imine (C=N–C) groups is 1. The van der Waals surface area contributed by atoms with Crippen LogP contribution >= 0.6 is 23.4 Å². The number of hydrogen-bond acceptors (Lipinski definition) is 4. The smallest absolute Gasteiger partial charge is 0.255 e. The van der Waals surface area contributed by atoms with Gasteiger partial charge in [0.1, 0.15) is 6.04 Å². The molecule has 0 saturated carbocycles. The molecule has 1 aliphatic rings. The third-order valence-corrected chi connectivity index (χ3v) is 4.72. The van der Waals surface area contributed by atoms with Crippen molar-refractivity contribution in [3.05, 3.63) is 76.5 Å². The van der Waals surface area contributed by atoms with Crippen LogP contribution in [0.5, 0.6) is 0 Å². The Hall–Kier alpha value is -2.24. The first kappa shape index (κ1) is 17.6. The van der Waals surface area contributed by atoms with E-state index in [1.54, 1.807) is 0 Å². The highest BCUT2D eigenvalue weighted by molar-refractivity contribution is 8.13. The van der Waals surface area contributed by atoms with Crippen molar-refractivity contribution in [1.82, 2.24) is 5.32 Å². The maximum Gasteiger partial charge on any atom is 0.255 e. The molecule has 25 heavy (non-hydrogen) atoms. The Morgan fingerprint density at radius 2 is 1.84 bits per heavy atom. The highest BCUT2D eigenvalue weighted by Gasteiger charge is 2.29. The van der Waals surface area contributed by atoms with Crippen molar-refractivity contribution in [3.8, 4) is 0 Å². The number of carbonyl (C=O) groups excluding carboxylic acids is 1. The summed E-state index contributed by atoms with van der Waals surface area (Å²) in [6, 6.07) is 16.5. The van der Waals surface area contributed by atoms with Gasteiger partial charge in [-0.15, -0.1) is 0 Å². The highest BCUT2D eigenvalue weighted by Crippen LogP contribution is 2.33. The molecule has 1 amide bonds. The molecule has 1 aliphatic heterocycles. The van der Waals surface area contributed by atoms with Gasteiger partial charge in [-0.05, 0) is 43.0 Å². The second-order valence-electron chi connectivity index (χ2n) is 5.58. The van der Waals surface area contributed by atoms with E-state index in [2.05, 4.69) is 10.6 Å². The van der Waals surface area contributed by atoms with E-state index in [0.717, 1.165) is 22.1 Å². The van der Waals surface area contributed by atoms with Crippen molar-refractivity contribution in [2.75, 3.05) is 11.6 Å². The monoisotopic (exact) mass is 371 g/mol. The van der Waals surface area contributed by atoms with Gasteiger partial charge in [0.15, 0.2) is 5.17 Å². The summed E-state index contributed by atoms with van der Waals surface area (Å²) in [5.74, 6) is -0.167. The summed E-state index contributed by atoms with van der Waals surface area (Å²) in [6.07, 6.45) is 1.95. The number of thioether (sulfide) groups is 1. The van der Waals surface area contributed by atoms with Crippen molar-refractivity contribution in [1.29, 1.82) is 0 Å². The van der Waals surface area contributed by atoms with Crippen LogP contribution in [0.1, 0.15) is 18.5 Å². The Morgan fingerprint density at radius 3 is 2.48 bits per heavy atom. The van der Waals surface area contributed by atoms with E-state index in [1.807, 2.05) is 67.8 Å². The highest BCUT2D eigenvalue weighted by atomic mass is 35.5. The van der Waals surface area contributed by atoms with Gasteiger partial charge in [0.05, 0.1) is 5.57 Å². The number of rotatable bonds is 3. The summed E-state index contributed by atoms with van der Waals surface area (Å²) in [5.41, 5.74) is 3.08. The van der Waals surface area contributed by atoms with Crippen LogP contribution in [0.3, 0.4) is 0 Å². The quantitative estimate of drug-likeness (QED) is 0.827. The number of hydrogen-bond donors (Lipinski definition) is 2. The van der Waals surface area contributed by atoms with Crippen LogP contribution in [-0.2, 0) is 4.79 Å². The van der Waals surface area contributed by atoms with E-state index in [9.17, 15) is 4.79 Å². The molecule has 0 saturated heterocycles. The van der Waals surface area contributed by atoms with Crippen molar-refractivity contribution in [2.24, 2.45) is 4.99 Å². The van der Waals surface area contributed by atoms with Crippen LogP contribution in [0.2, 0.25) is 5.02 Å². The van der Waals surface area contributed by atoms with Crippen molar-refractivity contribution >= 4 is 40.1 Å². The molecule has 6 heteroatoms. The zero-order valence-electron chi connectivity index (χ0n) is 13.9. The molecule has 2 aromatic carbocycles. The molecule has 128 valence electrons. The van der Waals surface area contributed by atoms with Gasteiger partial charge < -0.3 is 10.6 Å². The summed E-state index contributed by atoms with van der Waals surface area (Å²) in [6.45, 7) is 1.90. The number of halogens is 1. The third-order valence-electron chi connectivity index (χ3n) is 3.87. The number of allylic oxidation sites excluding steroid dienone is 1. The first-order chi connectivity index (χ1) is 12.1. The predicted octanol–water partition coefficient (Wildman–Crippen LogP) is 4.62. The van der Waals surface area contributed by atoms with Crippen LogP contribution in [0.25, 0.3) is 0 Å². The first-order valence-corrected chi connectivity index (χ1v) is 9.40. The Balaban J connectivity index is 1.96. The van der Waals surface area contributed by atoms with Gasteiger partial charge in [-0.25, -0.2) is 4.99 Å². The molecule has 0 unspecified atom stereocenters. The average Bonchev–Trinajstić information content (AvgIpc) is 2.62. The molecule has 0 fully saturated rings. The summed E-state index contributed by atoms with van der Waals surface area (Å²) < 4.78 is 0. The number of benzene rings is 2. The molecule has 2 N–H and O–H groups in total. The van der Waals surface area contributed by atoms with E-state index in [0.29, 0.717) is 10.6 Å². The lowest BCUT2D eigenvalue weighted by atomic mass is 9.96. The molecular weight excluding hydrogens is 354 g/mol. The molecule has 1 atom stereocenters. The summed E-state index contributed by atoms with van der Waals surface area (Å²) in [5, 5.41) is 7.59. The van der Waals surface area contributed by atoms with Gasteiger partial charge in [-0.3, -0.25) is 4.79 Å². The lowest BCUT2D eigenvalue weighted by Gasteiger charge is -2.26. The first-order valence-electron chi connectivity index (χ1n) is 7.80. The SMILES string of the molecule is CSC1=N[C@@H](c2ccc(Cl)cc2)C(C(=O)Nc2ccccc2)=C(C)N1. The number of amidine groups is 1. The van der Waals surface area contributed by atoms with Crippen LogP contribution in [0, 0.1) is 0 Å². The van der Waals surface area contributed by atoms with E-state index < -0.39 is 0 Å². The molecule has 2 aromatic rings. The fraction of sp³-hybridized carbons (Fsp3) is 0.158. The molecule has 4 nitrogen and oxygen atoms in total. The Labute approximate surface area is 156 Å². The van der Waals surface area contributed by atoms with Crippen molar-refractivity contribution in [2.45, 2.75) is 13.0 Å². The fourth-order valence-corrected chi connectivity index (χ4v) is 3.24. The van der Waals surface area contributed by atoms with Gasteiger partial charge in [0, 0.05) is 16.4 Å². The minimum Gasteiger partial charge on any atom is -0.338 e. The molecular formula is C19H18ClN3OS. The summed E-state index contributed by atoms with van der Waals surface area (Å²) in [4.78, 5) is 17.6. The van der Waals surface area contributed by atoms with Gasteiger partial charge in [-0.1, -0.05) is 53.7 Å². The lowest BCUT2D eigenvalue weighted by Crippen LogP contribution is -2.31. The predicted molar refractivity (Wildman–Crippen MR) is 106 cm³/mol. The maximum atomic E-state index is 12.9. The average molecular weight is 372 g/mol. The normalized spacial score (nSPS) is 16.9. The topological polar surface area (TPSA) is 53.5 Å². The van der Waals surface area contributed by atoms with Gasteiger partial charge in [0.25, 0.3) is 5.91 Å². The van der Waals surface area contributed by atoms with Gasteiger partial charge in [0.2, 0.25) is 0 Å². The van der Waals surface area contributed by atoms with Crippen molar-refractivity contribution in [3.63, 3.8) is 0 Å². The second-order valence-corrected chi connectivity index (χ2v) is 6.81. The van der Waals surface area contributed by atoms with E-state index in [4.69, 9.17) is 16.6 Å². The number of nitrogens with zero attached hydrogens (tertiary/aromatic N) is 1. The zero-order valence-corrected chi connectivity index (χ0v) is 15.5. The Kier molecular flexibility index (Phi) is 5.46. The number of para-hydroxylation sites is 1.